The van der Waals surface area contributed by atoms with Gasteiger partial charge in [0.2, 0.25) is 0 Å². The number of hydrogen-bond donors (Lipinski definition) is 1. The zero-order valence-corrected chi connectivity index (χ0v) is 15.0. The van der Waals surface area contributed by atoms with Crippen LogP contribution in [-0.2, 0) is 18.1 Å². The Morgan fingerprint density at radius 1 is 0.714 bits per heavy atom. The summed E-state index contributed by atoms with van der Waals surface area (Å²) >= 11 is 0. The maximum atomic E-state index is 14.2. The fourth-order valence-corrected chi connectivity index (χ4v) is 3.38. The van der Waals surface area contributed by atoms with Crippen molar-refractivity contribution in [2.45, 2.75) is 18.1 Å². The highest BCUT2D eigenvalue weighted by Crippen LogP contribution is 2.38. The Kier molecular flexibility index (Phi) is 5.52. The van der Waals surface area contributed by atoms with Gasteiger partial charge in [-0.3, -0.25) is 0 Å². The minimum Gasteiger partial charge on any atom is -0.307 e. The van der Waals surface area contributed by atoms with Crippen molar-refractivity contribution in [3.63, 3.8) is 0 Å². The zero-order valence-electron chi connectivity index (χ0n) is 15.0. The first-order valence-corrected chi connectivity index (χ1v) is 8.62. The molecule has 0 aliphatic rings. The predicted octanol–water partition coefficient (Wildman–Crippen LogP) is 5.69. The molecule has 0 spiro atoms. The van der Waals surface area contributed by atoms with Gasteiger partial charge < -0.3 is 5.32 Å². The topological polar surface area (TPSA) is 12.0 Å². The molecular weight excluding hydrogens is 373 g/mol. The first kappa shape index (κ1) is 20.0. The molecule has 1 atom stereocenters. The van der Waals surface area contributed by atoms with Crippen LogP contribution in [0.1, 0.15) is 22.3 Å². The lowest BCUT2D eigenvalue weighted by molar-refractivity contribution is -0.137. The molecule has 1 nitrogen and oxygen atoms in total. The van der Waals surface area contributed by atoms with E-state index in [1.54, 1.807) is 7.05 Å². The van der Waals surface area contributed by atoms with Crippen LogP contribution in [0.4, 0.5) is 22.0 Å². The van der Waals surface area contributed by atoms with Crippen LogP contribution in [0, 0.1) is 11.6 Å². The van der Waals surface area contributed by atoms with Crippen LogP contribution in [0.5, 0.6) is 0 Å². The second-order valence-electron chi connectivity index (χ2n) is 6.55. The molecule has 0 bridgehead atoms. The van der Waals surface area contributed by atoms with Crippen LogP contribution in [0.15, 0.2) is 72.8 Å². The summed E-state index contributed by atoms with van der Waals surface area (Å²) in [5, 5.41) is 3.07. The van der Waals surface area contributed by atoms with Crippen LogP contribution >= 0.6 is 0 Å². The lowest BCUT2D eigenvalue weighted by atomic mass is 9.77. The standard InChI is InChI=1S/C22H18F5N/c1-28-21(14-15-5-3-2-4-6-15,16-7-9-19(23)10-8-16)17-11-18(22(25,26)27)13-20(24)12-17/h2-13,28H,14H2,1H3/t21-/m1/s1. The van der Waals surface area contributed by atoms with Gasteiger partial charge in [-0.05, 0) is 60.5 Å². The van der Waals surface area contributed by atoms with Crippen molar-refractivity contribution in [2.75, 3.05) is 7.05 Å². The van der Waals surface area contributed by atoms with E-state index < -0.39 is 28.9 Å². The van der Waals surface area contributed by atoms with E-state index >= 15 is 0 Å². The third-order valence-electron chi connectivity index (χ3n) is 4.79. The summed E-state index contributed by atoms with van der Waals surface area (Å²) in [7, 11) is 1.59. The summed E-state index contributed by atoms with van der Waals surface area (Å²) < 4.78 is 67.5. The predicted molar refractivity (Wildman–Crippen MR) is 97.8 cm³/mol. The number of rotatable bonds is 5. The number of alkyl halides is 3. The molecule has 3 aromatic rings. The van der Waals surface area contributed by atoms with Crippen LogP contribution in [0.3, 0.4) is 0 Å². The Morgan fingerprint density at radius 2 is 1.32 bits per heavy atom. The molecule has 0 heterocycles. The number of likely N-dealkylation sites (N-methyl/N-ethyl adjacent to an activating group) is 1. The van der Waals surface area contributed by atoms with Gasteiger partial charge in [0, 0.05) is 0 Å². The molecule has 3 aromatic carbocycles. The molecule has 28 heavy (non-hydrogen) atoms. The molecule has 6 heteroatoms. The fraction of sp³-hybridized carbons (Fsp3) is 0.182. The molecule has 3 rings (SSSR count). The largest absolute Gasteiger partial charge is 0.416 e. The Morgan fingerprint density at radius 3 is 1.89 bits per heavy atom. The quantitative estimate of drug-likeness (QED) is 0.551. The lowest BCUT2D eigenvalue weighted by Gasteiger charge is -2.36. The second kappa shape index (κ2) is 7.72. The second-order valence-corrected chi connectivity index (χ2v) is 6.55. The summed E-state index contributed by atoms with van der Waals surface area (Å²) in [5.41, 5.74) is -0.787. The van der Waals surface area contributed by atoms with Crippen molar-refractivity contribution in [2.24, 2.45) is 0 Å². The van der Waals surface area contributed by atoms with Gasteiger partial charge in [-0.15, -0.1) is 0 Å². The van der Waals surface area contributed by atoms with E-state index in [4.69, 9.17) is 0 Å². The van der Waals surface area contributed by atoms with E-state index in [0.717, 1.165) is 17.7 Å². The Labute approximate surface area is 159 Å². The highest BCUT2D eigenvalue weighted by molar-refractivity contribution is 5.43. The maximum Gasteiger partial charge on any atom is 0.416 e. The van der Waals surface area contributed by atoms with E-state index in [1.807, 2.05) is 30.3 Å². The van der Waals surface area contributed by atoms with Gasteiger partial charge in [0.1, 0.15) is 11.6 Å². The summed E-state index contributed by atoms with van der Waals surface area (Å²) in [6, 6.07) is 17.1. The molecule has 0 saturated carbocycles. The normalized spacial score (nSPS) is 13.9. The molecule has 0 amide bonds. The molecule has 1 N–H and O–H groups in total. The fourth-order valence-electron chi connectivity index (χ4n) is 3.38. The average molecular weight is 391 g/mol. The van der Waals surface area contributed by atoms with Gasteiger partial charge in [0.25, 0.3) is 0 Å². The first-order valence-electron chi connectivity index (χ1n) is 8.62. The SMILES string of the molecule is CN[C@](Cc1ccccc1)(c1ccc(F)cc1)c1cc(F)cc(C(F)(F)F)c1. The Hall–Kier alpha value is -2.73. The van der Waals surface area contributed by atoms with Crippen LogP contribution < -0.4 is 5.32 Å². The molecule has 0 aliphatic heterocycles. The minimum absolute atomic E-state index is 0.109. The van der Waals surface area contributed by atoms with Gasteiger partial charge >= 0.3 is 6.18 Å². The van der Waals surface area contributed by atoms with E-state index in [2.05, 4.69) is 5.32 Å². The Bertz CT molecular complexity index is 935. The average Bonchev–Trinajstić information content (AvgIpc) is 2.66. The molecular formula is C22H18F5N. The van der Waals surface area contributed by atoms with Crippen LogP contribution in [-0.4, -0.2) is 7.05 Å². The van der Waals surface area contributed by atoms with Crippen LogP contribution in [0.25, 0.3) is 0 Å². The minimum atomic E-state index is -4.69. The van der Waals surface area contributed by atoms with Gasteiger partial charge in [-0.25, -0.2) is 8.78 Å². The number of hydrogen-bond acceptors (Lipinski definition) is 1. The molecule has 0 fully saturated rings. The number of nitrogens with one attached hydrogen (secondary N) is 1. The van der Waals surface area contributed by atoms with E-state index in [1.165, 1.54) is 24.3 Å². The van der Waals surface area contributed by atoms with Crippen molar-refractivity contribution in [3.05, 3.63) is 107 Å². The lowest BCUT2D eigenvalue weighted by Crippen LogP contribution is -2.43. The molecule has 0 saturated heterocycles. The van der Waals surface area contributed by atoms with Crippen molar-refractivity contribution >= 4 is 0 Å². The van der Waals surface area contributed by atoms with Crippen molar-refractivity contribution in [3.8, 4) is 0 Å². The molecule has 0 aromatic heterocycles. The van der Waals surface area contributed by atoms with Gasteiger partial charge in [0.05, 0.1) is 11.1 Å². The number of halogens is 5. The van der Waals surface area contributed by atoms with Crippen molar-refractivity contribution in [1.29, 1.82) is 0 Å². The van der Waals surface area contributed by atoms with E-state index in [0.29, 0.717) is 11.6 Å². The zero-order chi connectivity index (χ0) is 20.4. The molecule has 146 valence electrons. The summed E-state index contributed by atoms with van der Waals surface area (Å²) in [6.07, 6.45) is -4.44. The van der Waals surface area contributed by atoms with Crippen molar-refractivity contribution < 1.29 is 22.0 Å². The first-order chi connectivity index (χ1) is 13.2. The summed E-state index contributed by atoms with van der Waals surface area (Å²) in [6.45, 7) is 0. The highest BCUT2D eigenvalue weighted by Gasteiger charge is 2.37. The van der Waals surface area contributed by atoms with E-state index in [9.17, 15) is 22.0 Å². The highest BCUT2D eigenvalue weighted by atomic mass is 19.4. The van der Waals surface area contributed by atoms with Gasteiger partial charge in [0.15, 0.2) is 0 Å². The summed E-state index contributed by atoms with van der Waals surface area (Å²) in [4.78, 5) is 0. The van der Waals surface area contributed by atoms with Crippen LogP contribution in [0.2, 0.25) is 0 Å². The van der Waals surface area contributed by atoms with Gasteiger partial charge in [-0.2, -0.15) is 13.2 Å². The third kappa shape index (κ3) is 4.07. The molecule has 0 radical (unpaired) electrons. The molecule has 0 unspecified atom stereocenters. The maximum absolute atomic E-state index is 14.2. The van der Waals surface area contributed by atoms with E-state index in [-0.39, 0.29) is 12.0 Å². The van der Waals surface area contributed by atoms with Crippen molar-refractivity contribution in [1.82, 2.24) is 5.32 Å². The monoisotopic (exact) mass is 391 g/mol. The Balaban J connectivity index is 2.24. The van der Waals surface area contributed by atoms with Gasteiger partial charge in [-0.1, -0.05) is 42.5 Å². The molecule has 0 aliphatic carbocycles. The number of benzene rings is 3. The third-order valence-corrected chi connectivity index (χ3v) is 4.79. The summed E-state index contributed by atoms with van der Waals surface area (Å²) in [5.74, 6) is -1.46. The smallest absolute Gasteiger partial charge is 0.307 e.